The highest BCUT2D eigenvalue weighted by Gasteiger charge is 2.15. The predicted octanol–water partition coefficient (Wildman–Crippen LogP) is 2.87. The molecule has 1 unspecified atom stereocenters. The second-order valence-corrected chi connectivity index (χ2v) is 5.41. The van der Waals surface area contributed by atoms with Crippen LogP contribution in [0.25, 0.3) is 0 Å². The maximum atomic E-state index is 12.0. The summed E-state index contributed by atoms with van der Waals surface area (Å²) in [6, 6.07) is 8.03. The van der Waals surface area contributed by atoms with Gasteiger partial charge in [0.1, 0.15) is 0 Å². The molecule has 1 rings (SSSR count). The highest BCUT2D eigenvalue weighted by molar-refractivity contribution is 9.10. The molecule has 0 aliphatic heterocycles. The number of nitrogens with one attached hydrogen (secondary N) is 2. The van der Waals surface area contributed by atoms with Crippen molar-refractivity contribution in [2.24, 2.45) is 5.92 Å². The monoisotopic (exact) mass is 312 g/mol. The van der Waals surface area contributed by atoms with Crippen LogP contribution in [0.2, 0.25) is 0 Å². The van der Waals surface area contributed by atoms with Crippen LogP contribution in [-0.2, 0) is 4.79 Å². The van der Waals surface area contributed by atoms with E-state index in [0.717, 1.165) is 16.6 Å². The van der Waals surface area contributed by atoms with Gasteiger partial charge in [-0.2, -0.15) is 0 Å². The van der Waals surface area contributed by atoms with Gasteiger partial charge in [0.05, 0.1) is 6.04 Å². The Labute approximate surface area is 117 Å². The van der Waals surface area contributed by atoms with Crippen molar-refractivity contribution in [3.63, 3.8) is 0 Å². The van der Waals surface area contributed by atoms with Crippen molar-refractivity contribution in [2.45, 2.75) is 26.8 Å². The van der Waals surface area contributed by atoms with Crippen LogP contribution in [0.1, 0.15) is 32.4 Å². The molecule has 1 aromatic carbocycles. The van der Waals surface area contributed by atoms with Gasteiger partial charge in [0, 0.05) is 16.9 Å². The summed E-state index contributed by atoms with van der Waals surface area (Å²) in [5.74, 6) is 0.0722. The molecule has 0 spiro atoms. The average Bonchev–Trinajstić information content (AvgIpc) is 2.35. The van der Waals surface area contributed by atoms with Crippen LogP contribution in [0.15, 0.2) is 28.7 Å². The summed E-state index contributed by atoms with van der Waals surface area (Å²) in [4.78, 5) is 12.0. The molecule has 0 heterocycles. The van der Waals surface area contributed by atoms with Crippen molar-refractivity contribution < 1.29 is 4.79 Å². The minimum atomic E-state index is -0.0143. The van der Waals surface area contributed by atoms with Gasteiger partial charge in [-0.25, -0.2) is 0 Å². The highest BCUT2D eigenvalue weighted by atomic mass is 79.9. The third-order valence-electron chi connectivity index (χ3n) is 2.86. The fraction of sp³-hybridized carbons (Fsp3) is 0.500. The van der Waals surface area contributed by atoms with Crippen LogP contribution < -0.4 is 10.6 Å². The van der Waals surface area contributed by atoms with Crippen LogP contribution >= 0.6 is 15.9 Å². The Morgan fingerprint density at radius 3 is 2.72 bits per heavy atom. The number of rotatable bonds is 6. The number of halogens is 1. The van der Waals surface area contributed by atoms with E-state index in [2.05, 4.69) is 26.6 Å². The van der Waals surface area contributed by atoms with Gasteiger partial charge in [-0.1, -0.05) is 41.9 Å². The maximum Gasteiger partial charge on any atom is 0.224 e. The first-order valence-corrected chi connectivity index (χ1v) is 7.10. The molecule has 100 valence electrons. The average molecular weight is 313 g/mol. The second-order valence-electron chi connectivity index (χ2n) is 4.49. The summed E-state index contributed by atoms with van der Waals surface area (Å²) in [6.07, 6.45) is 0. The first-order valence-electron chi connectivity index (χ1n) is 6.31. The van der Waals surface area contributed by atoms with Crippen LogP contribution in [0.5, 0.6) is 0 Å². The minimum Gasteiger partial charge on any atom is -0.349 e. The van der Waals surface area contributed by atoms with E-state index in [1.165, 1.54) is 0 Å². The number of amides is 1. The normalized spacial score (nSPS) is 14.0. The topological polar surface area (TPSA) is 41.1 Å². The molecule has 1 amide bonds. The summed E-state index contributed by atoms with van der Waals surface area (Å²) < 4.78 is 1.03. The van der Waals surface area contributed by atoms with Gasteiger partial charge in [0.15, 0.2) is 0 Å². The van der Waals surface area contributed by atoms with Gasteiger partial charge in [-0.15, -0.1) is 0 Å². The Morgan fingerprint density at radius 2 is 2.11 bits per heavy atom. The number of carbonyl (C=O) groups is 1. The summed E-state index contributed by atoms with van der Waals surface area (Å²) >= 11 is 3.44. The van der Waals surface area contributed by atoms with Crippen LogP contribution in [0.4, 0.5) is 0 Å². The fourth-order valence-electron chi connectivity index (χ4n) is 1.67. The van der Waals surface area contributed by atoms with E-state index in [1.807, 2.05) is 45.0 Å². The van der Waals surface area contributed by atoms with E-state index in [4.69, 9.17) is 0 Å². The van der Waals surface area contributed by atoms with Crippen molar-refractivity contribution in [1.29, 1.82) is 0 Å². The van der Waals surface area contributed by atoms with E-state index < -0.39 is 0 Å². The Bertz CT molecular complexity index is 395. The fourth-order valence-corrected chi connectivity index (χ4v) is 2.09. The first-order chi connectivity index (χ1) is 8.54. The number of carbonyl (C=O) groups excluding carboxylic acids is 1. The van der Waals surface area contributed by atoms with Crippen molar-refractivity contribution in [3.8, 4) is 0 Å². The van der Waals surface area contributed by atoms with Crippen molar-refractivity contribution in [2.75, 3.05) is 13.1 Å². The van der Waals surface area contributed by atoms with E-state index in [-0.39, 0.29) is 17.9 Å². The summed E-state index contributed by atoms with van der Waals surface area (Å²) in [5.41, 5.74) is 1.10. The second kappa shape index (κ2) is 7.54. The zero-order valence-electron chi connectivity index (χ0n) is 11.2. The van der Waals surface area contributed by atoms with Gasteiger partial charge in [0.25, 0.3) is 0 Å². The standard InChI is InChI=1S/C14H21BrN2O/c1-4-16-9-10(2)14(18)17-11(3)12-6-5-7-13(15)8-12/h5-8,10-11,16H,4,9H2,1-3H3,(H,17,18)/t10?,11-/m1/s1. The molecule has 0 fully saturated rings. The Kier molecular flexibility index (Phi) is 6.36. The van der Waals surface area contributed by atoms with Crippen molar-refractivity contribution >= 4 is 21.8 Å². The molecule has 0 aliphatic rings. The Morgan fingerprint density at radius 1 is 1.39 bits per heavy atom. The van der Waals surface area contributed by atoms with E-state index in [1.54, 1.807) is 0 Å². The van der Waals surface area contributed by atoms with Crippen LogP contribution in [0.3, 0.4) is 0 Å². The minimum absolute atomic E-state index is 0.0143. The van der Waals surface area contributed by atoms with E-state index in [9.17, 15) is 4.79 Å². The molecule has 18 heavy (non-hydrogen) atoms. The molecule has 0 bridgehead atoms. The Hall–Kier alpha value is -0.870. The molecule has 2 N–H and O–H groups in total. The molecule has 2 atom stereocenters. The van der Waals surface area contributed by atoms with Crippen molar-refractivity contribution in [1.82, 2.24) is 10.6 Å². The lowest BCUT2D eigenvalue weighted by molar-refractivity contribution is -0.125. The smallest absolute Gasteiger partial charge is 0.224 e. The molecule has 0 aliphatic carbocycles. The van der Waals surface area contributed by atoms with Gasteiger partial charge in [0.2, 0.25) is 5.91 Å². The van der Waals surface area contributed by atoms with Crippen molar-refractivity contribution in [3.05, 3.63) is 34.3 Å². The lowest BCUT2D eigenvalue weighted by Gasteiger charge is -2.18. The quantitative estimate of drug-likeness (QED) is 0.848. The number of hydrogen-bond donors (Lipinski definition) is 2. The zero-order chi connectivity index (χ0) is 13.5. The lowest BCUT2D eigenvalue weighted by atomic mass is 10.1. The zero-order valence-corrected chi connectivity index (χ0v) is 12.8. The third kappa shape index (κ3) is 4.78. The van der Waals surface area contributed by atoms with E-state index >= 15 is 0 Å². The van der Waals surface area contributed by atoms with Crippen LogP contribution in [0, 0.1) is 5.92 Å². The van der Waals surface area contributed by atoms with Gasteiger partial charge in [-0.3, -0.25) is 4.79 Å². The molecule has 0 saturated heterocycles. The highest BCUT2D eigenvalue weighted by Crippen LogP contribution is 2.18. The molecule has 0 saturated carbocycles. The van der Waals surface area contributed by atoms with Gasteiger partial charge in [-0.05, 0) is 31.2 Å². The van der Waals surface area contributed by atoms with E-state index in [0.29, 0.717) is 6.54 Å². The molecule has 4 heteroatoms. The lowest BCUT2D eigenvalue weighted by Crippen LogP contribution is -2.36. The molecule has 0 radical (unpaired) electrons. The summed E-state index contributed by atoms with van der Waals surface area (Å²) in [7, 11) is 0. The molecule has 1 aromatic rings. The summed E-state index contributed by atoms with van der Waals surface area (Å²) in [6.45, 7) is 7.58. The number of benzene rings is 1. The molecular weight excluding hydrogens is 292 g/mol. The molecular formula is C14H21BrN2O. The van der Waals surface area contributed by atoms with Gasteiger partial charge >= 0.3 is 0 Å². The molecule has 3 nitrogen and oxygen atoms in total. The first kappa shape index (κ1) is 15.2. The number of hydrogen-bond acceptors (Lipinski definition) is 2. The molecule has 0 aromatic heterocycles. The SMILES string of the molecule is CCNCC(C)C(=O)N[C@H](C)c1cccc(Br)c1. The van der Waals surface area contributed by atoms with Gasteiger partial charge < -0.3 is 10.6 Å². The largest absolute Gasteiger partial charge is 0.349 e. The Balaban J connectivity index is 2.54. The summed E-state index contributed by atoms with van der Waals surface area (Å²) in [5, 5.41) is 6.22. The third-order valence-corrected chi connectivity index (χ3v) is 3.35. The maximum absolute atomic E-state index is 12.0. The predicted molar refractivity (Wildman–Crippen MR) is 78.4 cm³/mol. The van der Waals surface area contributed by atoms with Crippen LogP contribution in [-0.4, -0.2) is 19.0 Å².